The minimum absolute atomic E-state index is 0.0738. The first-order valence-electron chi connectivity index (χ1n) is 5.08. The van der Waals surface area contributed by atoms with Gasteiger partial charge in [0, 0.05) is 23.0 Å². The first-order valence-corrected chi connectivity index (χ1v) is 6.61. The first-order chi connectivity index (χ1) is 7.72. The van der Waals surface area contributed by atoms with E-state index in [-0.39, 0.29) is 11.9 Å². The quantitative estimate of drug-likeness (QED) is 0.877. The number of carbonyl (C=O) groups is 1. The summed E-state index contributed by atoms with van der Waals surface area (Å²) in [5.41, 5.74) is 6.53. The molecule has 1 heterocycles. The maximum Gasteiger partial charge on any atom is 0.237 e. The number of benzene rings is 1. The summed E-state index contributed by atoms with van der Waals surface area (Å²) in [6.07, 6.45) is 0. The zero-order valence-corrected chi connectivity index (χ0v) is 10.3. The Morgan fingerprint density at radius 1 is 1.56 bits per heavy atom. The van der Waals surface area contributed by atoms with Crippen molar-refractivity contribution in [1.82, 2.24) is 0 Å². The van der Waals surface area contributed by atoms with Crippen molar-refractivity contribution in [2.75, 3.05) is 23.0 Å². The fourth-order valence-corrected chi connectivity index (χ4v) is 2.96. The first kappa shape index (κ1) is 11.8. The molecule has 0 bridgehead atoms. The maximum atomic E-state index is 11.9. The maximum absolute atomic E-state index is 11.9. The van der Waals surface area contributed by atoms with Crippen molar-refractivity contribution in [1.29, 1.82) is 0 Å². The summed E-state index contributed by atoms with van der Waals surface area (Å²) < 4.78 is 0. The molecule has 2 rings (SSSR count). The molecule has 1 fully saturated rings. The lowest BCUT2D eigenvalue weighted by Crippen LogP contribution is -2.50. The van der Waals surface area contributed by atoms with Crippen molar-refractivity contribution in [3.63, 3.8) is 0 Å². The molecule has 0 saturated carbocycles. The van der Waals surface area contributed by atoms with Crippen LogP contribution in [0.15, 0.2) is 24.3 Å². The molecule has 16 heavy (non-hydrogen) atoms. The number of hydrogen-bond acceptors (Lipinski definition) is 3. The van der Waals surface area contributed by atoms with Gasteiger partial charge in [-0.05, 0) is 18.2 Å². The Kier molecular flexibility index (Phi) is 3.74. The van der Waals surface area contributed by atoms with Gasteiger partial charge in [-0.25, -0.2) is 0 Å². The Bertz CT molecular complexity index is 399. The molecule has 86 valence electrons. The largest absolute Gasteiger partial charge is 0.328 e. The van der Waals surface area contributed by atoms with Crippen molar-refractivity contribution in [2.24, 2.45) is 5.73 Å². The molecule has 1 unspecified atom stereocenters. The highest BCUT2D eigenvalue weighted by atomic mass is 35.5. The second-order valence-electron chi connectivity index (χ2n) is 3.65. The van der Waals surface area contributed by atoms with Crippen molar-refractivity contribution < 1.29 is 4.79 Å². The number of anilines is 1. The second kappa shape index (κ2) is 5.08. The number of nitrogens with zero attached hydrogens (tertiary/aromatic N) is 1. The zero-order chi connectivity index (χ0) is 11.5. The van der Waals surface area contributed by atoms with Gasteiger partial charge in [-0.1, -0.05) is 17.7 Å². The van der Waals surface area contributed by atoms with Crippen LogP contribution in [0.3, 0.4) is 0 Å². The van der Waals surface area contributed by atoms with E-state index in [0.717, 1.165) is 11.4 Å². The van der Waals surface area contributed by atoms with E-state index in [9.17, 15) is 4.79 Å². The van der Waals surface area contributed by atoms with Gasteiger partial charge in [0.2, 0.25) is 5.91 Å². The van der Waals surface area contributed by atoms with Gasteiger partial charge in [0.15, 0.2) is 0 Å². The third-order valence-electron chi connectivity index (χ3n) is 2.53. The second-order valence-corrected chi connectivity index (χ2v) is 5.11. The Morgan fingerprint density at radius 2 is 2.38 bits per heavy atom. The van der Waals surface area contributed by atoms with Crippen molar-refractivity contribution in [2.45, 2.75) is 6.04 Å². The van der Waals surface area contributed by atoms with Crippen LogP contribution >= 0.6 is 23.4 Å². The van der Waals surface area contributed by atoms with Crippen LogP contribution in [0.5, 0.6) is 0 Å². The van der Waals surface area contributed by atoms with E-state index < -0.39 is 0 Å². The molecule has 1 aromatic carbocycles. The average Bonchev–Trinajstić information content (AvgIpc) is 2.28. The molecule has 0 aliphatic carbocycles. The van der Waals surface area contributed by atoms with Crippen LogP contribution in [0.25, 0.3) is 0 Å². The molecule has 2 N–H and O–H groups in total. The fraction of sp³-hybridized carbons (Fsp3) is 0.364. The average molecular weight is 257 g/mol. The Hall–Kier alpha value is -0.710. The van der Waals surface area contributed by atoms with Crippen LogP contribution < -0.4 is 10.6 Å². The molecule has 1 aromatic rings. The third kappa shape index (κ3) is 2.34. The zero-order valence-electron chi connectivity index (χ0n) is 8.73. The number of amides is 1. The Balaban J connectivity index is 2.31. The smallest absolute Gasteiger partial charge is 0.237 e. The molecule has 1 saturated heterocycles. The highest BCUT2D eigenvalue weighted by Gasteiger charge is 2.28. The van der Waals surface area contributed by atoms with E-state index in [1.54, 1.807) is 28.8 Å². The van der Waals surface area contributed by atoms with E-state index >= 15 is 0 Å². The number of rotatable bonds is 2. The van der Waals surface area contributed by atoms with E-state index in [2.05, 4.69) is 0 Å². The molecule has 0 radical (unpaired) electrons. The molecular weight excluding hydrogens is 244 g/mol. The highest BCUT2D eigenvalue weighted by molar-refractivity contribution is 8.00. The van der Waals surface area contributed by atoms with Gasteiger partial charge in [-0.15, -0.1) is 11.8 Å². The minimum Gasteiger partial charge on any atom is -0.328 e. The third-order valence-corrected chi connectivity index (χ3v) is 3.83. The number of nitrogens with two attached hydrogens (primary N) is 1. The summed E-state index contributed by atoms with van der Waals surface area (Å²) in [4.78, 5) is 13.6. The van der Waals surface area contributed by atoms with Crippen LogP contribution in [-0.4, -0.2) is 30.0 Å². The fourth-order valence-electron chi connectivity index (χ4n) is 1.78. The normalized spacial score (nSPS) is 21.2. The van der Waals surface area contributed by atoms with Crippen LogP contribution in [0, 0.1) is 0 Å². The topological polar surface area (TPSA) is 46.3 Å². The number of halogens is 1. The summed E-state index contributed by atoms with van der Waals surface area (Å²) in [5.74, 6) is 1.51. The predicted octanol–water partition coefficient (Wildman–Crippen LogP) is 1.75. The van der Waals surface area contributed by atoms with E-state index in [4.69, 9.17) is 17.3 Å². The molecule has 1 amide bonds. The highest BCUT2D eigenvalue weighted by Crippen LogP contribution is 2.26. The molecular formula is C11H13ClN2OS. The molecule has 3 nitrogen and oxygen atoms in total. The van der Waals surface area contributed by atoms with Gasteiger partial charge >= 0.3 is 0 Å². The summed E-state index contributed by atoms with van der Waals surface area (Å²) in [6, 6.07) is 7.41. The Morgan fingerprint density at radius 3 is 3.06 bits per heavy atom. The van der Waals surface area contributed by atoms with Gasteiger partial charge in [0.1, 0.15) is 0 Å². The molecule has 1 atom stereocenters. The van der Waals surface area contributed by atoms with E-state index in [1.165, 1.54) is 0 Å². The standard InChI is InChI=1S/C11H13ClN2OS/c12-8-2-1-3-9(4-8)14-10(5-13)6-16-7-11(14)15/h1-4,10H,5-7,13H2. The molecule has 0 spiro atoms. The number of carbonyl (C=O) groups excluding carboxylic acids is 1. The van der Waals surface area contributed by atoms with Crippen LogP contribution in [0.2, 0.25) is 5.02 Å². The summed E-state index contributed by atoms with van der Waals surface area (Å²) in [7, 11) is 0. The van der Waals surface area contributed by atoms with Gasteiger partial charge < -0.3 is 10.6 Å². The molecule has 1 aliphatic heterocycles. The SMILES string of the molecule is NCC1CSCC(=O)N1c1cccc(Cl)c1. The lowest BCUT2D eigenvalue weighted by atomic mass is 10.2. The van der Waals surface area contributed by atoms with Crippen molar-refractivity contribution in [3.05, 3.63) is 29.3 Å². The molecule has 5 heteroatoms. The molecule has 0 aromatic heterocycles. The van der Waals surface area contributed by atoms with Gasteiger partial charge in [0.05, 0.1) is 11.8 Å². The molecule has 1 aliphatic rings. The Labute approximate surface area is 104 Å². The lowest BCUT2D eigenvalue weighted by molar-refractivity contribution is -0.116. The van der Waals surface area contributed by atoms with E-state index in [0.29, 0.717) is 17.3 Å². The lowest BCUT2D eigenvalue weighted by Gasteiger charge is -2.34. The van der Waals surface area contributed by atoms with Crippen LogP contribution in [-0.2, 0) is 4.79 Å². The predicted molar refractivity (Wildman–Crippen MR) is 69.1 cm³/mol. The van der Waals surface area contributed by atoms with Gasteiger partial charge in [0.25, 0.3) is 0 Å². The van der Waals surface area contributed by atoms with E-state index in [1.807, 2.05) is 12.1 Å². The summed E-state index contributed by atoms with van der Waals surface area (Å²) in [5, 5.41) is 0.638. The van der Waals surface area contributed by atoms with Crippen LogP contribution in [0.1, 0.15) is 0 Å². The minimum atomic E-state index is 0.0738. The summed E-state index contributed by atoms with van der Waals surface area (Å²) in [6.45, 7) is 0.477. The van der Waals surface area contributed by atoms with Gasteiger partial charge in [-0.3, -0.25) is 4.79 Å². The van der Waals surface area contributed by atoms with Gasteiger partial charge in [-0.2, -0.15) is 0 Å². The monoisotopic (exact) mass is 256 g/mol. The number of hydrogen-bond donors (Lipinski definition) is 1. The van der Waals surface area contributed by atoms with Crippen molar-refractivity contribution in [3.8, 4) is 0 Å². The summed E-state index contributed by atoms with van der Waals surface area (Å²) >= 11 is 7.56. The van der Waals surface area contributed by atoms with Crippen molar-refractivity contribution >= 4 is 35.0 Å². The number of thioether (sulfide) groups is 1. The van der Waals surface area contributed by atoms with Crippen LogP contribution in [0.4, 0.5) is 5.69 Å².